The van der Waals surface area contributed by atoms with Crippen molar-refractivity contribution in [3.8, 4) is 5.75 Å². The Kier molecular flexibility index (Phi) is 12.0. The lowest BCUT2D eigenvalue weighted by atomic mass is 9.87. The summed E-state index contributed by atoms with van der Waals surface area (Å²) in [5, 5.41) is 12.9. The van der Waals surface area contributed by atoms with Gasteiger partial charge in [-0.1, -0.05) is 78.7 Å². The highest BCUT2D eigenvalue weighted by Crippen LogP contribution is 2.30. The zero-order valence-corrected chi connectivity index (χ0v) is 25.2. The van der Waals surface area contributed by atoms with Crippen LogP contribution in [0.1, 0.15) is 79.1 Å². The molecule has 0 aliphatic heterocycles. The normalized spacial score (nSPS) is 13.5. The topological polar surface area (TPSA) is 110 Å². The van der Waals surface area contributed by atoms with E-state index in [1.807, 2.05) is 0 Å². The number of carbonyl (C=O) groups is 2. The molecule has 2 aromatic rings. The highest BCUT2D eigenvalue weighted by atomic mass is 79.9. The molecule has 2 rings (SSSR count). The minimum atomic E-state index is -3.88. The van der Waals surface area contributed by atoms with Gasteiger partial charge in [0.25, 0.3) is 10.4 Å². The molecule has 2 aromatic carbocycles. The Bertz CT molecular complexity index is 1170. The number of halogens is 1. The first-order valence-electron chi connectivity index (χ1n) is 13.2. The van der Waals surface area contributed by atoms with Crippen LogP contribution in [0.15, 0.2) is 58.3 Å². The molecule has 0 radical (unpaired) electrons. The van der Waals surface area contributed by atoms with Crippen LogP contribution < -0.4 is 10.1 Å². The number of carbonyl (C=O) groups excluding carboxylic acids is 2. The number of sulfone groups is 1. The third kappa shape index (κ3) is 9.20. The molecule has 9 heteroatoms. The van der Waals surface area contributed by atoms with Crippen LogP contribution in [0.5, 0.6) is 5.75 Å². The van der Waals surface area contributed by atoms with Gasteiger partial charge in [-0.25, -0.2) is 8.42 Å². The van der Waals surface area contributed by atoms with E-state index in [0.717, 1.165) is 12.8 Å². The number of ether oxygens (including phenoxy) is 1. The molecule has 1 amide bonds. The highest BCUT2D eigenvalue weighted by molar-refractivity contribution is 9.10. The number of anilines is 1. The van der Waals surface area contributed by atoms with E-state index in [4.69, 9.17) is 4.74 Å². The summed E-state index contributed by atoms with van der Waals surface area (Å²) >= 11 is 2.81. The Morgan fingerprint density at radius 2 is 1.47 bits per heavy atom. The van der Waals surface area contributed by atoms with Crippen molar-refractivity contribution < 1.29 is 27.9 Å². The summed E-state index contributed by atoms with van der Waals surface area (Å²) in [5.74, 6) is -1.13. The van der Waals surface area contributed by atoms with Gasteiger partial charge in [0, 0.05) is 11.1 Å². The lowest BCUT2D eigenvalue weighted by Crippen LogP contribution is -2.49. The van der Waals surface area contributed by atoms with Crippen LogP contribution in [-0.4, -0.2) is 36.3 Å². The number of ketones is 1. The lowest BCUT2D eigenvalue weighted by Gasteiger charge is -2.26. The van der Waals surface area contributed by atoms with E-state index < -0.39 is 31.5 Å². The van der Waals surface area contributed by atoms with Crippen molar-refractivity contribution in [2.24, 2.45) is 5.41 Å². The first-order chi connectivity index (χ1) is 17.8. The Hall–Kier alpha value is -2.23. The minimum absolute atomic E-state index is 0.0387. The number of hydrogen-bond acceptors (Lipinski definition) is 6. The van der Waals surface area contributed by atoms with Gasteiger partial charge in [-0.2, -0.15) is 0 Å². The van der Waals surface area contributed by atoms with Crippen molar-refractivity contribution in [2.75, 3.05) is 11.9 Å². The molecule has 0 fully saturated rings. The SMILES string of the molecule is CCCCCCCCCCOc1ccc(S(=O)(=O)c2cccc(NC(=O)C(O)(Br)C(=O)C(C)(C)C)c2)cc1. The van der Waals surface area contributed by atoms with Gasteiger partial charge in [-0.15, -0.1) is 0 Å². The fourth-order valence-corrected chi connectivity index (χ4v) is 5.83. The summed E-state index contributed by atoms with van der Waals surface area (Å²) in [6, 6.07) is 11.9. The van der Waals surface area contributed by atoms with Crippen LogP contribution in [0.3, 0.4) is 0 Å². The molecule has 0 aliphatic rings. The van der Waals surface area contributed by atoms with E-state index in [1.54, 1.807) is 32.9 Å². The number of aliphatic hydroxyl groups is 1. The van der Waals surface area contributed by atoms with E-state index in [0.29, 0.717) is 12.4 Å². The smallest absolute Gasteiger partial charge is 0.275 e. The fraction of sp³-hybridized carbons (Fsp3) is 0.517. The molecule has 0 saturated heterocycles. The number of alkyl halides is 1. The monoisotopic (exact) mass is 609 g/mol. The minimum Gasteiger partial charge on any atom is -0.494 e. The Balaban J connectivity index is 1.97. The second-order valence-corrected chi connectivity index (χ2v) is 13.6. The molecule has 0 spiro atoms. The van der Waals surface area contributed by atoms with Crippen LogP contribution in [0.2, 0.25) is 0 Å². The fourth-order valence-electron chi connectivity index (χ4n) is 3.83. The lowest BCUT2D eigenvalue weighted by molar-refractivity contribution is -0.144. The summed E-state index contributed by atoms with van der Waals surface area (Å²) in [6.45, 7) is 7.53. The van der Waals surface area contributed by atoms with Gasteiger partial charge < -0.3 is 15.2 Å². The van der Waals surface area contributed by atoms with E-state index >= 15 is 0 Å². The summed E-state index contributed by atoms with van der Waals surface area (Å²) in [5.41, 5.74) is -0.856. The molecule has 1 unspecified atom stereocenters. The van der Waals surface area contributed by atoms with Crippen molar-refractivity contribution in [3.05, 3.63) is 48.5 Å². The Morgan fingerprint density at radius 1 is 0.895 bits per heavy atom. The highest BCUT2D eigenvalue weighted by Gasteiger charge is 2.46. The van der Waals surface area contributed by atoms with Crippen molar-refractivity contribution in [1.29, 1.82) is 0 Å². The summed E-state index contributed by atoms with van der Waals surface area (Å²) in [7, 11) is -3.88. The molecule has 210 valence electrons. The molecule has 1 atom stereocenters. The summed E-state index contributed by atoms with van der Waals surface area (Å²) in [6.07, 6.45) is 9.67. The van der Waals surface area contributed by atoms with Crippen LogP contribution >= 0.6 is 15.9 Å². The number of rotatable bonds is 15. The summed E-state index contributed by atoms with van der Waals surface area (Å²) < 4.78 is 29.7. The third-order valence-corrected chi connectivity index (χ3v) is 8.57. The average molecular weight is 611 g/mol. The molecule has 7 nitrogen and oxygen atoms in total. The van der Waals surface area contributed by atoms with Crippen LogP contribution in [0.25, 0.3) is 0 Å². The largest absolute Gasteiger partial charge is 0.494 e. The van der Waals surface area contributed by atoms with Gasteiger partial charge in [0.05, 0.1) is 16.4 Å². The molecule has 38 heavy (non-hydrogen) atoms. The molecule has 0 heterocycles. The van der Waals surface area contributed by atoms with Gasteiger partial charge in [-0.05, 0) is 64.8 Å². The zero-order valence-electron chi connectivity index (χ0n) is 22.8. The van der Waals surface area contributed by atoms with E-state index in [1.165, 1.54) is 74.9 Å². The van der Waals surface area contributed by atoms with Gasteiger partial charge in [0.1, 0.15) is 5.75 Å². The average Bonchev–Trinajstić information content (AvgIpc) is 2.87. The second kappa shape index (κ2) is 14.2. The Labute approximate surface area is 235 Å². The maximum atomic E-state index is 13.2. The number of Topliss-reactive ketones (excluding diaryl/α,β-unsaturated/α-hetero) is 1. The second-order valence-electron chi connectivity index (χ2n) is 10.5. The summed E-state index contributed by atoms with van der Waals surface area (Å²) in [4.78, 5) is 25.1. The van der Waals surface area contributed by atoms with Crippen molar-refractivity contribution in [3.63, 3.8) is 0 Å². The number of benzene rings is 2. The van der Waals surface area contributed by atoms with Crippen molar-refractivity contribution >= 4 is 43.1 Å². The molecule has 0 aromatic heterocycles. The van der Waals surface area contributed by atoms with E-state index in [-0.39, 0.29) is 15.5 Å². The first-order valence-corrected chi connectivity index (χ1v) is 15.4. The van der Waals surface area contributed by atoms with E-state index in [9.17, 15) is 23.1 Å². The predicted molar refractivity (Wildman–Crippen MR) is 153 cm³/mol. The molecule has 0 aliphatic carbocycles. The van der Waals surface area contributed by atoms with Crippen LogP contribution in [-0.2, 0) is 19.4 Å². The number of unbranched alkanes of at least 4 members (excludes halogenated alkanes) is 7. The van der Waals surface area contributed by atoms with Gasteiger partial charge >= 0.3 is 0 Å². The van der Waals surface area contributed by atoms with E-state index in [2.05, 4.69) is 28.2 Å². The van der Waals surface area contributed by atoms with Gasteiger partial charge in [0.15, 0.2) is 5.78 Å². The Morgan fingerprint density at radius 3 is 2.05 bits per heavy atom. The molecular weight excluding hydrogens is 570 g/mol. The zero-order chi connectivity index (χ0) is 28.4. The quantitative estimate of drug-likeness (QED) is 0.132. The number of hydrogen-bond donors (Lipinski definition) is 2. The maximum absolute atomic E-state index is 13.2. The number of nitrogens with one attached hydrogen (secondary N) is 1. The van der Waals surface area contributed by atoms with Crippen molar-refractivity contribution in [2.45, 2.75) is 93.4 Å². The van der Waals surface area contributed by atoms with Crippen molar-refractivity contribution in [1.82, 2.24) is 0 Å². The standard InChI is InChI=1S/C29H40BrNO6S/c1-5-6-7-8-9-10-11-12-20-37-23-16-18-24(19-17-23)38(35,36)25-15-13-14-22(21-25)31-27(33)29(30,34)26(32)28(2,3)4/h13-19,21,34H,5-12,20H2,1-4H3,(H,31,33). The number of amides is 1. The first kappa shape index (κ1) is 32.0. The van der Waals surface area contributed by atoms with Gasteiger partial charge in [-0.3, -0.25) is 9.59 Å². The molecule has 0 bridgehead atoms. The molecule has 0 saturated carbocycles. The third-order valence-electron chi connectivity index (χ3n) is 6.09. The van der Waals surface area contributed by atoms with Crippen LogP contribution in [0.4, 0.5) is 5.69 Å². The predicted octanol–water partition coefficient (Wildman–Crippen LogP) is 6.68. The van der Waals surface area contributed by atoms with Gasteiger partial charge in [0.2, 0.25) is 9.84 Å². The molecular formula is C29H40BrNO6S. The maximum Gasteiger partial charge on any atom is 0.275 e. The molecule has 2 N–H and O–H groups in total. The van der Waals surface area contributed by atoms with Crippen LogP contribution in [0, 0.1) is 5.41 Å².